The topological polar surface area (TPSA) is 25.8 Å². The summed E-state index contributed by atoms with van der Waals surface area (Å²) in [5.41, 5.74) is 3.82. The fraction of sp³-hybridized carbons (Fsp3) is 0. The van der Waals surface area contributed by atoms with Gasteiger partial charge < -0.3 is 0 Å². The monoisotopic (exact) mass is 316 g/mol. The Bertz CT molecular complexity index is 981. The summed E-state index contributed by atoms with van der Waals surface area (Å²) in [6, 6.07) is 25.8. The third-order valence-corrected chi connectivity index (χ3v) is 3.97. The zero-order chi connectivity index (χ0) is 15.6. The van der Waals surface area contributed by atoms with Gasteiger partial charge >= 0.3 is 0 Å². The molecule has 3 aromatic carbocycles. The van der Waals surface area contributed by atoms with Crippen molar-refractivity contribution in [3.05, 3.63) is 83.9 Å². The lowest BCUT2D eigenvalue weighted by molar-refractivity contribution is 1.23. The predicted octanol–water partition coefficient (Wildman–Crippen LogP) is 5.62. The second-order valence-electron chi connectivity index (χ2n) is 5.29. The van der Waals surface area contributed by atoms with Crippen LogP contribution in [0.1, 0.15) is 0 Å². The van der Waals surface area contributed by atoms with E-state index in [1.807, 2.05) is 78.9 Å². The molecule has 4 aromatic rings. The summed E-state index contributed by atoms with van der Waals surface area (Å²) in [4.78, 5) is 9.52. The summed E-state index contributed by atoms with van der Waals surface area (Å²) in [5, 5.41) is 1.72. The number of halogens is 1. The maximum Gasteiger partial charge on any atom is 0.160 e. The van der Waals surface area contributed by atoms with Gasteiger partial charge in [0.05, 0.1) is 11.2 Å². The van der Waals surface area contributed by atoms with Crippen LogP contribution in [0.15, 0.2) is 78.9 Å². The van der Waals surface area contributed by atoms with Gasteiger partial charge in [-0.25, -0.2) is 9.97 Å². The van der Waals surface area contributed by atoms with Gasteiger partial charge in [0.2, 0.25) is 0 Å². The minimum Gasteiger partial charge on any atom is -0.228 e. The van der Waals surface area contributed by atoms with Crippen LogP contribution in [0.5, 0.6) is 0 Å². The minimum atomic E-state index is 0.700. The minimum absolute atomic E-state index is 0.700. The molecule has 0 N–H and O–H groups in total. The number of rotatable bonds is 2. The van der Waals surface area contributed by atoms with Crippen LogP contribution in [0, 0.1) is 0 Å². The van der Waals surface area contributed by atoms with Crippen LogP contribution >= 0.6 is 11.6 Å². The fourth-order valence-corrected chi connectivity index (χ4v) is 2.84. The molecule has 1 heterocycles. The second kappa shape index (κ2) is 5.82. The third-order valence-electron chi connectivity index (χ3n) is 3.73. The maximum absolute atomic E-state index is 6.16. The van der Waals surface area contributed by atoms with E-state index in [1.54, 1.807) is 0 Å². The zero-order valence-corrected chi connectivity index (χ0v) is 13.0. The molecule has 0 bridgehead atoms. The van der Waals surface area contributed by atoms with E-state index in [0.29, 0.717) is 5.02 Å². The average Bonchev–Trinajstić information content (AvgIpc) is 2.61. The summed E-state index contributed by atoms with van der Waals surface area (Å²) < 4.78 is 0. The van der Waals surface area contributed by atoms with Crippen LogP contribution in [-0.4, -0.2) is 9.97 Å². The van der Waals surface area contributed by atoms with E-state index in [9.17, 15) is 0 Å². The number of fused-ring (bicyclic) bond motifs is 1. The fourth-order valence-electron chi connectivity index (χ4n) is 2.65. The van der Waals surface area contributed by atoms with E-state index < -0.39 is 0 Å². The molecule has 0 saturated carbocycles. The van der Waals surface area contributed by atoms with Crippen LogP contribution in [0.3, 0.4) is 0 Å². The van der Waals surface area contributed by atoms with E-state index in [2.05, 4.69) is 0 Å². The van der Waals surface area contributed by atoms with Gasteiger partial charge in [-0.1, -0.05) is 72.3 Å². The van der Waals surface area contributed by atoms with Crippen LogP contribution < -0.4 is 0 Å². The summed E-state index contributed by atoms with van der Waals surface area (Å²) >= 11 is 6.16. The Hall–Kier alpha value is -2.71. The van der Waals surface area contributed by atoms with Crippen molar-refractivity contribution in [2.45, 2.75) is 0 Å². The van der Waals surface area contributed by atoms with Crippen molar-refractivity contribution in [3.8, 4) is 22.6 Å². The summed E-state index contributed by atoms with van der Waals surface area (Å²) in [6.07, 6.45) is 0. The standard InChI is InChI=1S/C20H13ClN2/c21-16-10-6-9-15(13-16)19-17-11-4-5-12-18(17)22-20(23-19)14-7-2-1-3-8-14/h1-13H. The van der Waals surface area contributed by atoms with Crippen molar-refractivity contribution in [1.82, 2.24) is 9.97 Å². The molecule has 23 heavy (non-hydrogen) atoms. The summed E-state index contributed by atoms with van der Waals surface area (Å²) in [6.45, 7) is 0. The van der Waals surface area contributed by atoms with Crippen molar-refractivity contribution >= 4 is 22.5 Å². The SMILES string of the molecule is Clc1cccc(-c2nc(-c3ccccc3)nc3ccccc23)c1. The Kier molecular flexibility index (Phi) is 3.52. The molecule has 4 rings (SSSR count). The van der Waals surface area contributed by atoms with E-state index >= 15 is 0 Å². The predicted molar refractivity (Wildman–Crippen MR) is 95.4 cm³/mol. The van der Waals surface area contributed by atoms with Crippen LogP contribution in [-0.2, 0) is 0 Å². The molecule has 0 fully saturated rings. The van der Waals surface area contributed by atoms with Crippen molar-refractivity contribution < 1.29 is 0 Å². The van der Waals surface area contributed by atoms with Crippen molar-refractivity contribution in [2.75, 3.05) is 0 Å². The van der Waals surface area contributed by atoms with E-state index in [1.165, 1.54) is 0 Å². The molecule has 0 spiro atoms. The highest BCUT2D eigenvalue weighted by atomic mass is 35.5. The largest absolute Gasteiger partial charge is 0.228 e. The van der Waals surface area contributed by atoms with E-state index in [4.69, 9.17) is 21.6 Å². The summed E-state index contributed by atoms with van der Waals surface area (Å²) in [5.74, 6) is 0.722. The Balaban J connectivity index is 2.02. The van der Waals surface area contributed by atoms with Gasteiger partial charge in [-0.05, 0) is 18.2 Å². The van der Waals surface area contributed by atoms with Gasteiger partial charge in [0.15, 0.2) is 5.82 Å². The number of nitrogens with zero attached hydrogens (tertiary/aromatic N) is 2. The van der Waals surface area contributed by atoms with Gasteiger partial charge in [-0.3, -0.25) is 0 Å². The Labute approximate surface area is 139 Å². The maximum atomic E-state index is 6.16. The number of hydrogen-bond donors (Lipinski definition) is 0. The molecule has 0 atom stereocenters. The Morgan fingerprint density at radius 2 is 1.39 bits per heavy atom. The number of para-hydroxylation sites is 1. The third kappa shape index (κ3) is 2.69. The smallest absolute Gasteiger partial charge is 0.160 e. The van der Waals surface area contributed by atoms with Crippen molar-refractivity contribution in [1.29, 1.82) is 0 Å². The second-order valence-corrected chi connectivity index (χ2v) is 5.73. The highest BCUT2D eigenvalue weighted by Gasteiger charge is 2.11. The highest BCUT2D eigenvalue weighted by molar-refractivity contribution is 6.30. The lowest BCUT2D eigenvalue weighted by Gasteiger charge is -2.09. The number of hydrogen-bond acceptors (Lipinski definition) is 2. The first-order valence-electron chi connectivity index (χ1n) is 7.39. The molecule has 2 nitrogen and oxygen atoms in total. The van der Waals surface area contributed by atoms with Gasteiger partial charge in [0, 0.05) is 21.5 Å². The van der Waals surface area contributed by atoms with Crippen molar-refractivity contribution in [3.63, 3.8) is 0 Å². The molecule has 3 heteroatoms. The molecule has 0 aliphatic rings. The lowest BCUT2D eigenvalue weighted by atomic mass is 10.1. The Morgan fingerprint density at radius 1 is 0.652 bits per heavy atom. The number of aromatic nitrogens is 2. The van der Waals surface area contributed by atoms with E-state index in [-0.39, 0.29) is 0 Å². The molecule has 0 amide bonds. The first-order valence-corrected chi connectivity index (χ1v) is 7.77. The molecular weight excluding hydrogens is 304 g/mol. The van der Waals surface area contributed by atoms with Gasteiger partial charge in [0.25, 0.3) is 0 Å². The van der Waals surface area contributed by atoms with Crippen LogP contribution in [0.2, 0.25) is 5.02 Å². The normalized spacial score (nSPS) is 10.8. The molecule has 110 valence electrons. The van der Waals surface area contributed by atoms with Crippen molar-refractivity contribution in [2.24, 2.45) is 0 Å². The van der Waals surface area contributed by atoms with Crippen LogP contribution in [0.4, 0.5) is 0 Å². The van der Waals surface area contributed by atoms with Crippen LogP contribution in [0.25, 0.3) is 33.5 Å². The van der Waals surface area contributed by atoms with E-state index in [0.717, 1.165) is 33.5 Å². The highest BCUT2D eigenvalue weighted by Crippen LogP contribution is 2.30. The van der Waals surface area contributed by atoms with Gasteiger partial charge in [-0.15, -0.1) is 0 Å². The first kappa shape index (κ1) is 13.9. The quantitative estimate of drug-likeness (QED) is 0.480. The summed E-state index contributed by atoms with van der Waals surface area (Å²) in [7, 11) is 0. The molecule has 1 aromatic heterocycles. The number of benzene rings is 3. The lowest BCUT2D eigenvalue weighted by Crippen LogP contribution is -1.94. The molecule has 0 aliphatic heterocycles. The molecular formula is C20H13ClN2. The first-order chi connectivity index (χ1) is 11.3. The zero-order valence-electron chi connectivity index (χ0n) is 12.3. The molecule has 0 radical (unpaired) electrons. The molecule has 0 aliphatic carbocycles. The average molecular weight is 317 g/mol. The molecule has 0 unspecified atom stereocenters. The van der Waals surface area contributed by atoms with Gasteiger partial charge in [-0.2, -0.15) is 0 Å². The Morgan fingerprint density at radius 3 is 2.22 bits per heavy atom. The van der Waals surface area contributed by atoms with Gasteiger partial charge in [0.1, 0.15) is 0 Å². The molecule has 0 saturated heterocycles.